The predicted octanol–water partition coefficient (Wildman–Crippen LogP) is 4.67. The monoisotopic (exact) mass is 405 g/mol. The number of amides is 2. The molecule has 29 heavy (non-hydrogen) atoms. The summed E-state index contributed by atoms with van der Waals surface area (Å²) in [5.41, 5.74) is 3.77. The van der Waals surface area contributed by atoms with Crippen molar-refractivity contribution in [3.63, 3.8) is 0 Å². The summed E-state index contributed by atoms with van der Waals surface area (Å²) in [6, 6.07) is 17.5. The maximum Gasteiger partial charge on any atom is 0.229 e. The van der Waals surface area contributed by atoms with Crippen molar-refractivity contribution in [2.24, 2.45) is 5.92 Å². The number of carbonyl (C=O) groups is 2. The number of benzene rings is 2. The quantitative estimate of drug-likeness (QED) is 0.671. The SMILES string of the molecule is Cc1nc(-c2ccc(NC(=O)[C@H]3CC(=O)N([C@H](C)c4ccccc4)C3)cc2)cs1. The summed E-state index contributed by atoms with van der Waals surface area (Å²) in [4.78, 5) is 31.5. The van der Waals surface area contributed by atoms with E-state index in [1.54, 1.807) is 16.2 Å². The van der Waals surface area contributed by atoms with Gasteiger partial charge in [0.2, 0.25) is 11.8 Å². The van der Waals surface area contributed by atoms with Gasteiger partial charge in [-0.3, -0.25) is 9.59 Å². The molecule has 1 aliphatic rings. The molecule has 3 aromatic rings. The second-order valence-electron chi connectivity index (χ2n) is 7.35. The minimum absolute atomic E-state index is 0.0238. The number of likely N-dealkylation sites (tertiary alicyclic amines) is 1. The first-order valence-corrected chi connectivity index (χ1v) is 10.6. The van der Waals surface area contributed by atoms with E-state index in [9.17, 15) is 9.59 Å². The molecule has 5 nitrogen and oxygen atoms in total. The van der Waals surface area contributed by atoms with Crippen molar-refractivity contribution in [3.05, 3.63) is 70.5 Å². The van der Waals surface area contributed by atoms with Crippen LogP contribution in [0.4, 0.5) is 5.69 Å². The molecule has 2 aromatic carbocycles. The van der Waals surface area contributed by atoms with E-state index in [1.165, 1.54) is 0 Å². The molecule has 0 spiro atoms. The molecule has 1 fully saturated rings. The summed E-state index contributed by atoms with van der Waals surface area (Å²) in [6.45, 7) is 4.43. The fourth-order valence-corrected chi connectivity index (χ4v) is 4.28. The number of aryl methyl sites for hydroxylation is 1. The third-order valence-electron chi connectivity index (χ3n) is 5.35. The second-order valence-corrected chi connectivity index (χ2v) is 8.41. The molecule has 0 unspecified atom stereocenters. The molecule has 0 bridgehead atoms. The lowest BCUT2D eigenvalue weighted by molar-refractivity contribution is -0.129. The van der Waals surface area contributed by atoms with Crippen LogP contribution in [-0.2, 0) is 9.59 Å². The van der Waals surface area contributed by atoms with Crippen LogP contribution in [0.3, 0.4) is 0 Å². The van der Waals surface area contributed by atoms with E-state index in [0.29, 0.717) is 6.54 Å². The number of thiazole rings is 1. The Labute approximate surface area is 174 Å². The first-order valence-electron chi connectivity index (χ1n) is 9.69. The van der Waals surface area contributed by atoms with Crippen molar-refractivity contribution >= 4 is 28.8 Å². The summed E-state index contributed by atoms with van der Waals surface area (Å²) < 4.78 is 0. The summed E-state index contributed by atoms with van der Waals surface area (Å²) >= 11 is 1.61. The second kappa shape index (κ2) is 8.17. The molecule has 6 heteroatoms. The molecular formula is C23H23N3O2S. The van der Waals surface area contributed by atoms with Crippen LogP contribution in [0, 0.1) is 12.8 Å². The van der Waals surface area contributed by atoms with E-state index in [1.807, 2.05) is 73.8 Å². The molecule has 2 amide bonds. The number of hydrogen-bond acceptors (Lipinski definition) is 4. The molecule has 1 aliphatic heterocycles. The third kappa shape index (κ3) is 4.22. The number of nitrogens with one attached hydrogen (secondary N) is 1. The molecule has 0 aliphatic carbocycles. The van der Waals surface area contributed by atoms with Gasteiger partial charge in [0.05, 0.1) is 22.7 Å². The van der Waals surface area contributed by atoms with Gasteiger partial charge in [0.1, 0.15) is 0 Å². The Balaban J connectivity index is 1.39. The zero-order valence-electron chi connectivity index (χ0n) is 16.5. The maximum atomic E-state index is 12.7. The van der Waals surface area contributed by atoms with E-state index in [-0.39, 0.29) is 30.2 Å². The normalized spacial score (nSPS) is 17.4. The highest BCUT2D eigenvalue weighted by molar-refractivity contribution is 7.09. The van der Waals surface area contributed by atoms with Crippen molar-refractivity contribution in [1.29, 1.82) is 0 Å². The highest BCUT2D eigenvalue weighted by atomic mass is 32.1. The van der Waals surface area contributed by atoms with Crippen molar-refractivity contribution in [2.45, 2.75) is 26.3 Å². The molecule has 0 saturated carbocycles. The van der Waals surface area contributed by atoms with Gasteiger partial charge in [0.15, 0.2) is 0 Å². The first kappa shape index (κ1) is 19.3. The molecule has 1 N–H and O–H groups in total. The first-order chi connectivity index (χ1) is 14.0. The average molecular weight is 406 g/mol. The van der Waals surface area contributed by atoms with Gasteiger partial charge in [-0.25, -0.2) is 4.98 Å². The highest BCUT2D eigenvalue weighted by Crippen LogP contribution is 2.29. The summed E-state index contributed by atoms with van der Waals surface area (Å²) in [5, 5.41) is 6.00. The molecule has 1 aromatic heterocycles. The number of hydrogen-bond donors (Lipinski definition) is 1. The van der Waals surface area contributed by atoms with Crippen LogP contribution >= 0.6 is 11.3 Å². The average Bonchev–Trinajstić information content (AvgIpc) is 3.34. The van der Waals surface area contributed by atoms with Crippen molar-refractivity contribution in [1.82, 2.24) is 9.88 Å². The van der Waals surface area contributed by atoms with Crippen LogP contribution < -0.4 is 5.32 Å². The van der Waals surface area contributed by atoms with E-state index in [4.69, 9.17) is 0 Å². The van der Waals surface area contributed by atoms with Crippen LogP contribution in [0.25, 0.3) is 11.3 Å². The lowest BCUT2D eigenvalue weighted by atomic mass is 10.1. The minimum Gasteiger partial charge on any atom is -0.335 e. The predicted molar refractivity (Wildman–Crippen MR) is 116 cm³/mol. The van der Waals surface area contributed by atoms with Crippen LogP contribution in [0.1, 0.15) is 30.0 Å². The van der Waals surface area contributed by atoms with E-state index < -0.39 is 0 Å². The fourth-order valence-electron chi connectivity index (χ4n) is 3.66. The number of carbonyl (C=O) groups excluding carboxylic acids is 2. The molecule has 4 rings (SSSR count). The van der Waals surface area contributed by atoms with Crippen LogP contribution in [0.5, 0.6) is 0 Å². The smallest absolute Gasteiger partial charge is 0.229 e. The Kier molecular flexibility index (Phi) is 5.45. The third-order valence-corrected chi connectivity index (χ3v) is 6.12. The van der Waals surface area contributed by atoms with E-state index in [0.717, 1.165) is 27.5 Å². The Morgan fingerprint density at radius 2 is 1.90 bits per heavy atom. The highest BCUT2D eigenvalue weighted by Gasteiger charge is 2.37. The van der Waals surface area contributed by atoms with Gasteiger partial charge in [-0.05, 0) is 31.5 Å². The lowest BCUT2D eigenvalue weighted by Gasteiger charge is -2.25. The number of anilines is 1. The molecular weight excluding hydrogens is 382 g/mol. The van der Waals surface area contributed by atoms with Crippen LogP contribution in [0.15, 0.2) is 60.0 Å². The molecule has 0 radical (unpaired) electrons. The Morgan fingerprint density at radius 1 is 1.17 bits per heavy atom. The van der Waals surface area contributed by atoms with Crippen molar-refractivity contribution in [2.75, 3.05) is 11.9 Å². The van der Waals surface area contributed by atoms with Crippen molar-refractivity contribution in [3.8, 4) is 11.3 Å². The Morgan fingerprint density at radius 3 is 2.55 bits per heavy atom. The molecule has 2 atom stereocenters. The van der Waals surface area contributed by atoms with Gasteiger partial charge in [0.25, 0.3) is 0 Å². The summed E-state index contributed by atoms with van der Waals surface area (Å²) in [7, 11) is 0. The standard InChI is InChI=1S/C23H23N3O2S/c1-15(17-6-4-3-5-7-17)26-13-19(12-22(26)27)23(28)25-20-10-8-18(9-11-20)21-14-29-16(2)24-21/h3-11,14-15,19H,12-13H2,1-2H3,(H,25,28)/t15-,19+/m1/s1. The maximum absolute atomic E-state index is 12.7. The van der Waals surface area contributed by atoms with Crippen LogP contribution in [0.2, 0.25) is 0 Å². The Hall–Kier alpha value is -2.99. The minimum atomic E-state index is -0.338. The summed E-state index contributed by atoms with van der Waals surface area (Å²) in [6.07, 6.45) is 0.249. The van der Waals surface area contributed by atoms with Gasteiger partial charge in [-0.15, -0.1) is 11.3 Å². The van der Waals surface area contributed by atoms with Gasteiger partial charge in [-0.2, -0.15) is 0 Å². The van der Waals surface area contributed by atoms with Gasteiger partial charge >= 0.3 is 0 Å². The molecule has 2 heterocycles. The zero-order valence-corrected chi connectivity index (χ0v) is 17.3. The Bertz CT molecular complexity index is 1010. The van der Waals surface area contributed by atoms with Crippen molar-refractivity contribution < 1.29 is 9.59 Å². The van der Waals surface area contributed by atoms with Gasteiger partial charge in [-0.1, -0.05) is 42.5 Å². The lowest BCUT2D eigenvalue weighted by Crippen LogP contribution is -2.30. The number of aromatic nitrogens is 1. The number of nitrogens with zero attached hydrogens (tertiary/aromatic N) is 2. The molecule has 1 saturated heterocycles. The topological polar surface area (TPSA) is 62.3 Å². The van der Waals surface area contributed by atoms with Gasteiger partial charge in [0, 0.05) is 29.6 Å². The molecule has 148 valence electrons. The van der Waals surface area contributed by atoms with Gasteiger partial charge < -0.3 is 10.2 Å². The fraction of sp³-hybridized carbons (Fsp3) is 0.261. The summed E-state index contributed by atoms with van der Waals surface area (Å²) in [5.74, 6) is -0.427. The largest absolute Gasteiger partial charge is 0.335 e. The van der Waals surface area contributed by atoms with E-state index >= 15 is 0 Å². The van der Waals surface area contributed by atoms with Crippen LogP contribution in [-0.4, -0.2) is 28.2 Å². The zero-order chi connectivity index (χ0) is 20.4. The number of rotatable bonds is 5. The van der Waals surface area contributed by atoms with E-state index in [2.05, 4.69) is 10.3 Å².